The highest BCUT2D eigenvalue weighted by Gasteiger charge is 2.29. The van der Waals surface area contributed by atoms with Crippen LogP contribution in [0.25, 0.3) is 0 Å². The third-order valence-electron chi connectivity index (χ3n) is 4.06. The Bertz CT molecular complexity index is 464. The minimum Gasteiger partial charge on any atom is -0.351 e. The quantitative estimate of drug-likeness (QED) is 0.576. The first-order valence-electron chi connectivity index (χ1n) is 6.90. The van der Waals surface area contributed by atoms with E-state index in [2.05, 4.69) is 17.7 Å². The second-order valence-corrected chi connectivity index (χ2v) is 5.89. The van der Waals surface area contributed by atoms with Crippen molar-refractivity contribution in [2.75, 3.05) is 12.0 Å². The molecule has 19 heavy (non-hydrogen) atoms. The molecule has 104 valence electrons. The molecule has 0 unspecified atom stereocenters. The third-order valence-corrected chi connectivity index (χ3v) is 4.06. The van der Waals surface area contributed by atoms with Gasteiger partial charge in [0.15, 0.2) is 0 Å². The minimum absolute atomic E-state index is 0.0546. The molecular weight excluding hydrogens is 238 g/mol. The molecule has 1 fully saturated rings. The number of carbonyl (C=O) groups is 1. The maximum absolute atomic E-state index is 12.2. The minimum atomic E-state index is -0.0546. The Morgan fingerprint density at radius 2 is 2.05 bits per heavy atom. The maximum atomic E-state index is 12.2. The number of benzene rings is 1. The van der Waals surface area contributed by atoms with Crippen molar-refractivity contribution in [1.82, 2.24) is 5.32 Å². The summed E-state index contributed by atoms with van der Waals surface area (Å²) in [5.74, 6) is 5.42. The summed E-state index contributed by atoms with van der Waals surface area (Å²) >= 11 is 0. The number of rotatable bonds is 4. The molecule has 1 aliphatic rings. The normalized spacial score (nSPS) is 17.2. The molecule has 0 saturated heterocycles. The van der Waals surface area contributed by atoms with Crippen LogP contribution in [0.3, 0.4) is 0 Å². The van der Waals surface area contributed by atoms with E-state index in [-0.39, 0.29) is 11.3 Å². The Balaban J connectivity index is 2.03. The SMILES string of the molecule is Cc1ccc(C(=O)NCC2(C)CCCC2)c(NN)c1. The summed E-state index contributed by atoms with van der Waals surface area (Å²) in [5, 5.41) is 3.04. The van der Waals surface area contributed by atoms with Gasteiger partial charge in [0.05, 0.1) is 11.3 Å². The fourth-order valence-electron chi connectivity index (χ4n) is 2.77. The lowest BCUT2D eigenvalue weighted by Gasteiger charge is -2.24. The molecule has 1 aromatic rings. The van der Waals surface area contributed by atoms with Crippen molar-refractivity contribution in [1.29, 1.82) is 0 Å². The first kappa shape index (κ1) is 13.9. The van der Waals surface area contributed by atoms with Crippen LogP contribution >= 0.6 is 0 Å². The van der Waals surface area contributed by atoms with Crippen LogP contribution < -0.4 is 16.6 Å². The van der Waals surface area contributed by atoms with Gasteiger partial charge in [-0.3, -0.25) is 10.6 Å². The molecule has 0 aliphatic heterocycles. The van der Waals surface area contributed by atoms with Gasteiger partial charge in [0, 0.05) is 6.54 Å². The Morgan fingerprint density at radius 3 is 2.68 bits per heavy atom. The van der Waals surface area contributed by atoms with Gasteiger partial charge in [-0.2, -0.15) is 0 Å². The predicted octanol–water partition coefficient (Wildman–Crippen LogP) is 2.59. The number of hydrogen-bond acceptors (Lipinski definition) is 3. The van der Waals surface area contributed by atoms with Crippen molar-refractivity contribution in [3.05, 3.63) is 29.3 Å². The second kappa shape index (κ2) is 5.61. The van der Waals surface area contributed by atoms with Gasteiger partial charge in [-0.05, 0) is 42.9 Å². The Labute approximate surface area is 114 Å². The lowest BCUT2D eigenvalue weighted by Crippen LogP contribution is -2.34. The lowest BCUT2D eigenvalue weighted by atomic mass is 9.89. The van der Waals surface area contributed by atoms with Gasteiger partial charge >= 0.3 is 0 Å². The summed E-state index contributed by atoms with van der Waals surface area (Å²) in [6.07, 6.45) is 4.94. The van der Waals surface area contributed by atoms with Crippen molar-refractivity contribution in [2.45, 2.75) is 39.5 Å². The first-order chi connectivity index (χ1) is 9.04. The summed E-state index contributed by atoms with van der Waals surface area (Å²) < 4.78 is 0. The number of carbonyl (C=O) groups excluding carboxylic acids is 1. The number of nitrogen functional groups attached to an aromatic ring is 1. The highest BCUT2D eigenvalue weighted by atomic mass is 16.1. The predicted molar refractivity (Wildman–Crippen MR) is 77.9 cm³/mol. The van der Waals surface area contributed by atoms with Crippen molar-refractivity contribution in [2.24, 2.45) is 11.3 Å². The number of aryl methyl sites for hydroxylation is 1. The number of hydrazine groups is 1. The fraction of sp³-hybridized carbons (Fsp3) is 0.533. The van der Waals surface area contributed by atoms with Crippen LogP contribution in [-0.4, -0.2) is 12.5 Å². The zero-order chi connectivity index (χ0) is 13.9. The molecule has 0 aromatic heterocycles. The van der Waals surface area contributed by atoms with E-state index in [1.165, 1.54) is 25.7 Å². The van der Waals surface area contributed by atoms with Gasteiger partial charge in [0.2, 0.25) is 0 Å². The van der Waals surface area contributed by atoms with E-state index >= 15 is 0 Å². The summed E-state index contributed by atoms with van der Waals surface area (Å²) in [4.78, 5) is 12.2. The van der Waals surface area contributed by atoms with Gasteiger partial charge in [0.1, 0.15) is 0 Å². The van der Waals surface area contributed by atoms with Crippen LogP contribution in [0.1, 0.15) is 48.5 Å². The van der Waals surface area contributed by atoms with Gasteiger partial charge in [-0.25, -0.2) is 0 Å². The monoisotopic (exact) mass is 261 g/mol. The zero-order valence-corrected chi connectivity index (χ0v) is 11.8. The van der Waals surface area contributed by atoms with Crippen LogP contribution in [0.2, 0.25) is 0 Å². The van der Waals surface area contributed by atoms with Gasteiger partial charge < -0.3 is 10.7 Å². The summed E-state index contributed by atoms with van der Waals surface area (Å²) in [6, 6.07) is 5.62. The topological polar surface area (TPSA) is 67.2 Å². The molecule has 4 N–H and O–H groups in total. The highest BCUT2D eigenvalue weighted by molar-refractivity contribution is 5.99. The van der Waals surface area contributed by atoms with Crippen LogP contribution in [0.5, 0.6) is 0 Å². The highest BCUT2D eigenvalue weighted by Crippen LogP contribution is 2.36. The molecule has 2 rings (SSSR count). The molecule has 0 spiro atoms. The fourth-order valence-corrected chi connectivity index (χ4v) is 2.77. The van der Waals surface area contributed by atoms with Crippen LogP contribution in [-0.2, 0) is 0 Å². The van der Waals surface area contributed by atoms with Crippen molar-refractivity contribution in [3.63, 3.8) is 0 Å². The molecule has 4 nitrogen and oxygen atoms in total. The molecule has 1 aromatic carbocycles. The first-order valence-corrected chi connectivity index (χ1v) is 6.90. The largest absolute Gasteiger partial charge is 0.351 e. The standard InChI is InChI=1S/C15H23N3O/c1-11-5-6-12(13(9-11)18-16)14(19)17-10-15(2)7-3-4-8-15/h5-6,9,18H,3-4,7-8,10,16H2,1-2H3,(H,17,19). The van der Waals surface area contributed by atoms with Crippen molar-refractivity contribution in [3.8, 4) is 0 Å². The Morgan fingerprint density at radius 1 is 1.37 bits per heavy atom. The molecule has 0 radical (unpaired) electrons. The molecule has 4 heteroatoms. The molecule has 0 bridgehead atoms. The summed E-state index contributed by atoms with van der Waals surface area (Å²) in [6.45, 7) is 4.96. The van der Waals surface area contributed by atoms with E-state index in [1.807, 2.05) is 25.1 Å². The molecule has 1 amide bonds. The molecular formula is C15H23N3O. The molecule has 1 aliphatic carbocycles. The zero-order valence-electron chi connectivity index (χ0n) is 11.8. The Kier molecular flexibility index (Phi) is 4.10. The van der Waals surface area contributed by atoms with Crippen LogP contribution in [0.4, 0.5) is 5.69 Å². The number of nitrogens with one attached hydrogen (secondary N) is 2. The number of hydrogen-bond donors (Lipinski definition) is 3. The van der Waals surface area contributed by atoms with Crippen LogP contribution in [0.15, 0.2) is 18.2 Å². The molecule has 0 atom stereocenters. The van der Waals surface area contributed by atoms with Crippen molar-refractivity contribution >= 4 is 11.6 Å². The second-order valence-electron chi connectivity index (χ2n) is 5.89. The number of nitrogens with two attached hydrogens (primary N) is 1. The number of anilines is 1. The third kappa shape index (κ3) is 3.26. The average Bonchev–Trinajstić information content (AvgIpc) is 2.83. The van der Waals surface area contributed by atoms with Gasteiger partial charge in [-0.1, -0.05) is 25.8 Å². The van der Waals surface area contributed by atoms with E-state index in [4.69, 9.17) is 5.84 Å². The lowest BCUT2D eigenvalue weighted by molar-refractivity contribution is 0.0935. The van der Waals surface area contributed by atoms with E-state index in [1.54, 1.807) is 0 Å². The van der Waals surface area contributed by atoms with Gasteiger partial charge in [-0.15, -0.1) is 0 Å². The van der Waals surface area contributed by atoms with E-state index in [0.717, 1.165) is 12.1 Å². The average molecular weight is 261 g/mol. The van der Waals surface area contributed by atoms with E-state index < -0.39 is 0 Å². The maximum Gasteiger partial charge on any atom is 0.253 e. The summed E-state index contributed by atoms with van der Waals surface area (Å²) in [7, 11) is 0. The number of amides is 1. The van der Waals surface area contributed by atoms with Crippen molar-refractivity contribution < 1.29 is 4.79 Å². The van der Waals surface area contributed by atoms with E-state index in [0.29, 0.717) is 11.3 Å². The Hall–Kier alpha value is -1.55. The molecule has 0 heterocycles. The van der Waals surface area contributed by atoms with Gasteiger partial charge in [0.25, 0.3) is 5.91 Å². The van der Waals surface area contributed by atoms with Crippen LogP contribution in [0, 0.1) is 12.3 Å². The molecule has 1 saturated carbocycles. The smallest absolute Gasteiger partial charge is 0.253 e. The van der Waals surface area contributed by atoms with E-state index in [9.17, 15) is 4.79 Å². The summed E-state index contributed by atoms with van der Waals surface area (Å²) in [5.41, 5.74) is 5.21.